The van der Waals surface area contributed by atoms with Crippen molar-refractivity contribution in [1.82, 2.24) is 0 Å². The Balaban J connectivity index is 0.897. The molecule has 67 heavy (non-hydrogen) atoms. The Morgan fingerprint density at radius 3 is 1.55 bits per heavy atom. The quantitative estimate of drug-likeness (QED) is 0.154. The fourth-order valence-corrected chi connectivity index (χ4v) is 12.9. The molecule has 13 rings (SSSR count). The van der Waals surface area contributed by atoms with Crippen molar-refractivity contribution in [3.05, 3.63) is 258 Å². The van der Waals surface area contributed by atoms with Gasteiger partial charge in [0.25, 0.3) is 0 Å². The Morgan fingerprint density at radius 2 is 0.836 bits per heavy atom. The van der Waals surface area contributed by atoms with Crippen molar-refractivity contribution in [3.8, 4) is 55.6 Å². The van der Waals surface area contributed by atoms with Crippen molar-refractivity contribution in [2.75, 3.05) is 4.90 Å². The summed E-state index contributed by atoms with van der Waals surface area (Å²) >= 11 is 1.88. The third-order valence-corrected chi connectivity index (χ3v) is 16.2. The fraction of sp³-hybridized carbons (Fsp3) is 0.0769. The molecule has 0 amide bonds. The van der Waals surface area contributed by atoms with E-state index in [1.54, 1.807) is 0 Å². The minimum atomic E-state index is -0.250. The SMILES string of the molecule is CC1(C)c2ccccc2-c2cccc(-c3ccc(N(c4ccc(-c5ccc6c(c5)C(C)(c5ccccc5)c5ccccc5-6)cc4)c4ccc(-c5cccc6c5sc5ccccc56)cc4)cc3)c21. The highest BCUT2D eigenvalue weighted by Gasteiger charge is 2.41. The van der Waals surface area contributed by atoms with Gasteiger partial charge in [-0.15, -0.1) is 11.3 Å². The largest absolute Gasteiger partial charge is 0.311 e. The monoisotopic (exact) mass is 873 g/mol. The minimum absolute atomic E-state index is 0.0974. The Labute approximate surface area is 396 Å². The number of benzene rings is 10. The zero-order valence-corrected chi connectivity index (χ0v) is 38.6. The number of hydrogen-bond acceptors (Lipinski definition) is 2. The van der Waals surface area contributed by atoms with Gasteiger partial charge in [-0.3, -0.25) is 0 Å². The molecule has 0 fully saturated rings. The molecule has 0 aliphatic heterocycles. The molecule has 2 heteroatoms. The van der Waals surface area contributed by atoms with Crippen LogP contribution in [0.1, 0.15) is 48.6 Å². The van der Waals surface area contributed by atoms with E-state index in [-0.39, 0.29) is 10.8 Å². The molecule has 1 aromatic heterocycles. The van der Waals surface area contributed by atoms with Gasteiger partial charge in [-0.25, -0.2) is 0 Å². The average Bonchev–Trinajstić information content (AvgIpc) is 3.98. The molecule has 2 aliphatic rings. The van der Waals surface area contributed by atoms with Gasteiger partial charge < -0.3 is 4.90 Å². The van der Waals surface area contributed by atoms with Crippen LogP contribution in [-0.2, 0) is 10.8 Å². The van der Waals surface area contributed by atoms with Crippen molar-refractivity contribution in [2.45, 2.75) is 31.6 Å². The molecule has 0 saturated carbocycles. The summed E-state index contributed by atoms with van der Waals surface area (Å²) in [5, 5.41) is 2.64. The zero-order chi connectivity index (χ0) is 44.9. The molecule has 1 nitrogen and oxygen atoms in total. The Bertz CT molecular complexity index is 3710. The van der Waals surface area contributed by atoms with E-state index in [1.807, 2.05) is 11.3 Å². The van der Waals surface area contributed by atoms with Crippen LogP contribution in [-0.4, -0.2) is 0 Å². The van der Waals surface area contributed by atoms with Crippen LogP contribution in [0.3, 0.4) is 0 Å². The fourth-order valence-electron chi connectivity index (χ4n) is 11.6. The van der Waals surface area contributed by atoms with Gasteiger partial charge in [0.05, 0.1) is 0 Å². The van der Waals surface area contributed by atoms with Crippen LogP contribution in [0.15, 0.2) is 231 Å². The van der Waals surface area contributed by atoms with Gasteiger partial charge in [0.15, 0.2) is 0 Å². The topological polar surface area (TPSA) is 3.24 Å². The van der Waals surface area contributed by atoms with E-state index in [4.69, 9.17) is 0 Å². The van der Waals surface area contributed by atoms with Crippen LogP contribution in [0.2, 0.25) is 0 Å². The molecule has 1 atom stereocenters. The highest BCUT2D eigenvalue weighted by molar-refractivity contribution is 7.26. The molecule has 1 heterocycles. The molecular formula is C65H47NS. The highest BCUT2D eigenvalue weighted by Crippen LogP contribution is 2.54. The summed E-state index contributed by atoms with van der Waals surface area (Å²) in [5.74, 6) is 0. The van der Waals surface area contributed by atoms with Gasteiger partial charge in [-0.2, -0.15) is 0 Å². The number of anilines is 3. The van der Waals surface area contributed by atoms with Crippen LogP contribution in [0.25, 0.3) is 75.8 Å². The third kappa shape index (κ3) is 6.06. The molecule has 11 aromatic rings. The van der Waals surface area contributed by atoms with Crippen molar-refractivity contribution in [1.29, 1.82) is 0 Å². The van der Waals surface area contributed by atoms with E-state index in [0.29, 0.717) is 0 Å². The van der Waals surface area contributed by atoms with Crippen molar-refractivity contribution in [3.63, 3.8) is 0 Å². The first-order chi connectivity index (χ1) is 32.9. The Kier molecular flexibility index (Phi) is 8.94. The van der Waals surface area contributed by atoms with E-state index in [1.165, 1.54) is 104 Å². The van der Waals surface area contributed by atoms with Gasteiger partial charge in [0, 0.05) is 48.1 Å². The van der Waals surface area contributed by atoms with Crippen LogP contribution < -0.4 is 4.90 Å². The number of hydrogen-bond donors (Lipinski definition) is 0. The molecule has 318 valence electrons. The summed E-state index contributed by atoms with van der Waals surface area (Å²) in [4.78, 5) is 2.40. The lowest BCUT2D eigenvalue weighted by molar-refractivity contribution is 0.662. The lowest BCUT2D eigenvalue weighted by Crippen LogP contribution is -2.22. The van der Waals surface area contributed by atoms with Gasteiger partial charge in [-0.05, 0) is 139 Å². The van der Waals surface area contributed by atoms with E-state index in [9.17, 15) is 0 Å². The lowest BCUT2D eigenvalue weighted by atomic mass is 9.74. The first-order valence-electron chi connectivity index (χ1n) is 23.4. The average molecular weight is 874 g/mol. The van der Waals surface area contributed by atoms with Crippen molar-refractivity contribution < 1.29 is 0 Å². The van der Waals surface area contributed by atoms with Crippen LogP contribution >= 0.6 is 11.3 Å². The first-order valence-corrected chi connectivity index (χ1v) is 24.2. The molecule has 0 saturated heterocycles. The normalized spacial score (nSPS) is 15.3. The zero-order valence-electron chi connectivity index (χ0n) is 37.8. The van der Waals surface area contributed by atoms with Gasteiger partial charge in [-0.1, -0.05) is 196 Å². The summed E-state index contributed by atoms with van der Waals surface area (Å²) in [5.41, 5.74) is 22.6. The maximum atomic E-state index is 2.43. The predicted octanol–water partition coefficient (Wildman–Crippen LogP) is 18.2. The smallest absolute Gasteiger partial charge is 0.0462 e. The van der Waals surface area contributed by atoms with E-state index in [0.717, 1.165) is 17.1 Å². The van der Waals surface area contributed by atoms with E-state index >= 15 is 0 Å². The summed E-state index contributed by atoms with van der Waals surface area (Å²) in [6.45, 7) is 7.13. The predicted molar refractivity (Wildman–Crippen MR) is 285 cm³/mol. The number of nitrogens with zero attached hydrogens (tertiary/aromatic N) is 1. The number of thiophene rings is 1. The summed E-state index contributed by atoms with van der Waals surface area (Å²) in [7, 11) is 0. The summed E-state index contributed by atoms with van der Waals surface area (Å²) < 4.78 is 2.65. The van der Waals surface area contributed by atoms with Crippen LogP contribution in [0, 0.1) is 0 Å². The van der Waals surface area contributed by atoms with Gasteiger partial charge >= 0.3 is 0 Å². The van der Waals surface area contributed by atoms with E-state index < -0.39 is 0 Å². The molecule has 0 radical (unpaired) electrons. The second-order valence-corrected chi connectivity index (χ2v) is 20.0. The van der Waals surface area contributed by atoms with Gasteiger partial charge in [0.1, 0.15) is 0 Å². The third-order valence-electron chi connectivity index (χ3n) is 15.0. The maximum absolute atomic E-state index is 2.43. The second kappa shape index (κ2) is 15.1. The number of fused-ring (bicyclic) bond motifs is 9. The molecular weight excluding hydrogens is 827 g/mol. The second-order valence-electron chi connectivity index (χ2n) is 19.0. The van der Waals surface area contributed by atoms with Gasteiger partial charge in [0.2, 0.25) is 0 Å². The Morgan fingerprint density at radius 1 is 0.343 bits per heavy atom. The standard InChI is InChI=1S/C65H47NS/c1-64(2)58-24-10-7-18-53(58)56-22-13-20-50(62(56)64)43-29-36-48(37-30-43)66(49-38-31-44(32-39-49)51-21-14-23-57-55-19-9-12-26-61(55)67-63(51)57)47-34-27-42(28-35-47)45-33-40-54-52-17-8-11-25-59(52)65(3,60(54)41-45)46-15-5-4-6-16-46/h4-41H,1-3H3. The van der Waals surface area contributed by atoms with E-state index in [2.05, 4.69) is 256 Å². The number of rotatable bonds is 7. The van der Waals surface area contributed by atoms with Crippen LogP contribution in [0.5, 0.6) is 0 Å². The Hall–Kier alpha value is -7.78. The molecule has 0 bridgehead atoms. The highest BCUT2D eigenvalue weighted by atomic mass is 32.1. The molecule has 0 spiro atoms. The van der Waals surface area contributed by atoms with Crippen LogP contribution in [0.4, 0.5) is 17.1 Å². The molecule has 0 N–H and O–H groups in total. The maximum Gasteiger partial charge on any atom is 0.0462 e. The molecule has 2 aliphatic carbocycles. The van der Waals surface area contributed by atoms with Crippen molar-refractivity contribution >= 4 is 48.6 Å². The minimum Gasteiger partial charge on any atom is -0.311 e. The molecule has 1 unspecified atom stereocenters. The summed E-state index contributed by atoms with van der Waals surface area (Å²) in [6, 6.07) is 85.7. The van der Waals surface area contributed by atoms with Crippen molar-refractivity contribution in [2.24, 2.45) is 0 Å². The molecule has 10 aromatic carbocycles. The lowest BCUT2D eigenvalue weighted by Gasteiger charge is -2.28. The summed E-state index contributed by atoms with van der Waals surface area (Å²) in [6.07, 6.45) is 0. The first kappa shape index (κ1) is 39.6.